The number of halogens is 1. The number of ether oxygens (including phenoxy) is 1. The summed E-state index contributed by atoms with van der Waals surface area (Å²) >= 11 is 6.46. The van der Waals surface area contributed by atoms with Crippen LogP contribution in [0.2, 0.25) is 5.02 Å². The van der Waals surface area contributed by atoms with Crippen LogP contribution in [0.25, 0.3) is 0 Å². The number of aryl methyl sites for hydroxylation is 2. The molecule has 5 heteroatoms. The van der Waals surface area contributed by atoms with Gasteiger partial charge in [-0.1, -0.05) is 18.5 Å². The van der Waals surface area contributed by atoms with Gasteiger partial charge in [0.25, 0.3) is 0 Å². The first-order valence-electron chi connectivity index (χ1n) is 7.95. The molecule has 0 radical (unpaired) electrons. The van der Waals surface area contributed by atoms with Gasteiger partial charge < -0.3 is 10.1 Å². The first-order chi connectivity index (χ1) is 9.90. The number of nitrogens with one attached hydrogen (secondary N) is 1. The van der Waals surface area contributed by atoms with Crippen molar-refractivity contribution in [3.63, 3.8) is 0 Å². The van der Waals surface area contributed by atoms with E-state index in [9.17, 15) is 0 Å². The Balaban J connectivity index is 2.24. The average Bonchev–Trinajstić information content (AvgIpc) is 2.86. The second kappa shape index (κ2) is 6.67. The molecule has 0 aromatic carbocycles. The fourth-order valence-corrected chi connectivity index (χ4v) is 3.90. The Hall–Kier alpha value is -0.580. The minimum Gasteiger partial charge on any atom is -0.375 e. The molecule has 2 rings (SSSR count). The van der Waals surface area contributed by atoms with E-state index in [2.05, 4.69) is 38.1 Å². The summed E-state index contributed by atoms with van der Waals surface area (Å²) in [4.78, 5) is 0. The lowest BCUT2D eigenvalue weighted by Gasteiger charge is -2.29. The number of hydrogen-bond acceptors (Lipinski definition) is 3. The standard InChI is InChI=1S/C16H28ClN3O/c1-7-20-14(16(17)10(3)19-20)8-13(18-6)15-9(2)11(4)21-12(15)5/h9,11-13,15,18H,7-8H2,1-6H3. The Kier molecular flexibility index (Phi) is 5.33. The van der Waals surface area contributed by atoms with Gasteiger partial charge >= 0.3 is 0 Å². The van der Waals surface area contributed by atoms with Gasteiger partial charge in [-0.15, -0.1) is 0 Å². The first-order valence-corrected chi connectivity index (χ1v) is 8.32. The van der Waals surface area contributed by atoms with Gasteiger partial charge in [-0.3, -0.25) is 4.68 Å². The molecule has 1 N–H and O–H groups in total. The quantitative estimate of drug-likeness (QED) is 0.908. The summed E-state index contributed by atoms with van der Waals surface area (Å²) in [5.74, 6) is 1.02. The minimum absolute atomic E-state index is 0.269. The number of hydrogen-bond donors (Lipinski definition) is 1. The van der Waals surface area contributed by atoms with Crippen molar-refractivity contribution >= 4 is 11.6 Å². The van der Waals surface area contributed by atoms with Crippen LogP contribution in [-0.4, -0.2) is 35.1 Å². The molecule has 1 aliphatic rings. The van der Waals surface area contributed by atoms with E-state index in [1.54, 1.807) is 0 Å². The van der Waals surface area contributed by atoms with E-state index < -0.39 is 0 Å². The highest BCUT2D eigenvalue weighted by atomic mass is 35.5. The van der Waals surface area contributed by atoms with Gasteiger partial charge in [0.1, 0.15) is 0 Å². The minimum atomic E-state index is 0.269. The van der Waals surface area contributed by atoms with E-state index in [1.807, 2.05) is 18.7 Å². The Bertz CT molecular complexity index is 488. The molecule has 5 atom stereocenters. The lowest BCUT2D eigenvalue weighted by Crippen LogP contribution is -2.42. The maximum atomic E-state index is 6.46. The molecule has 1 fully saturated rings. The summed E-state index contributed by atoms with van der Waals surface area (Å²) in [5, 5.41) is 8.81. The van der Waals surface area contributed by atoms with Crippen LogP contribution in [0.15, 0.2) is 0 Å². The van der Waals surface area contributed by atoms with Crippen LogP contribution >= 0.6 is 11.6 Å². The number of rotatable bonds is 5. The first kappa shape index (κ1) is 16.8. The molecule has 1 aromatic heterocycles. The summed E-state index contributed by atoms with van der Waals surface area (Å²) in [6, 6.07) is 0.346. The molecule has 0 amide bonds. The van der Waals surface area contributed by atoms with E-state index in [4.69, 9.17) is 16.3 Å². The highest BCUT2D eigenvalue weighted by molar-refractivity contribution is 6.31. The highest BCUT2D eigenvalue weighted by Crippen LogP contribution is 2.36. The lowest BCUT2D eigenvalue weighted by atomic mass is 9.81. The van der Waals surface area contributed by atoms with Crippen LogP contribution in [-0.2, 0) is 17.7 Å². The molecule has 1 aromatic rings. The van der Waals surface area contributed by atoms with E-state index in [1.165, 1.54) is 0 Å². The molecule has 2 heterocycles. The summed E-state index contributed by atoms with van der Waals surface area (Å²) in [5.41, 5.74) is 2.05. The molecule has 0 bridgehead atoms. The van der Waals surface area contributed by atoms with Crippen molar-refractivity contribution in [3.8, 4) is 0 Å². The zero-order chi connectivity index (χ0) is 15.7. The van der Waals surface area contributed by atoms with Gasteiger partial charge in [0.2, 0.25) is 0 Å². The van der Waals surface area contributed by atoms with Gasteiger partial charge in [-0.05, 0) is 40.7 Å². The predicted octanol–water partition coefficient (Wildman–Crippen LogP) is 3.05. The molecule has 120 valence electrons. The summed E-state index contributed by atoms with van der Waals surface area (Å²) in [6.45, 7) is 11.6. The summed E-state index contributed by atoms with van der Waals surface area (Å²) in [6.07, 6.45) is 1.47. The van der Waals surface area contributed by atoms with Crippen molar-refractivity contribution in [2.45, 2.75) is 65.8 Å². The van der Waals surface area contributed by atoms with Crippen LogP contribution in [0.3, 0.4) is 0 Å². The third kappa shape index (κ3) is 3.13. The molecule has 1 saturated heterocycles. The second-order valence-corrected chi connectivity index (χ2v) is 6.62. The second-order valence-electron chi connectivity index (χ2n) is 6.24. The van der Waals surface area contributed by atoms with Crippen molar-refractivity contribution in [1.29, 1.82) is 0 Å². The van der Waals surface area contributed by atoms with Gasteiger partial charge in [-0.2, -0.15) is 5.10 Å². The maximum Gasteiger partial charge on any atom is 0.0847 e. The molecule has 0 aliphatic carbocycles. The largest absolute Gasteiger partial charge is 0.375 e. The fourth-order valence-electron chi connectivity index (χ4n) is 3.69. The van der Waals surface area contributed by atoms with Crippen molar-refractivity contribution in [3.05, 3.63) is 16.4 Å². The van der Waals surface area contributed by atoms with Crippen LogP contribution in [0, 0.1) is 18.8 Å². The Morgan fingerprint density at radius 3 is 2.48 bits per heavy atom. The highest BCUT2D eigenvalue weighted by Gasteiger charge is 2.41. The Labute approximate surface area is 133 Å². The van der Waals surface area contributed by atoms with E-state index in [0.717, 1.165) is 29.4 Å². The molecule has 1 aliphatic heterocycles. The van der Waals surface area contributed by atoms with Crippen molar-refractivity contribution in [1.82, 2.24) is 15.1 Å². The monoisotopic (exact) mass is 313 g/mol. The molecular weight excluding hydrogens is 286 g/mol. The summed E-state index contributed by atoms with van der Waals surface area (Å²) < 4.78 is 8.03. The van der Waals surface area contributed by atoms with Crippen LogP contribution in [0.1, 0.15) is 39.1 Å². The predicted molar refractivity (Wildman–Crippen MR) is 86.9 cm³/mol. The van der Waals surface area contributed by atoms with Gasteiger partial charge in [0, 0.05) is 24.9 Å². The van der Waals surface area contributed by atoms with Crippen molar-refractivity contribution < 1.29 is 4.74 Å². The third-order valence-corrected chi connectivity index (χ3v) is 5.51. The molecule has 21 heavy (non-hydrogen) atoms. The van der Waals surface area contributed by atoms with E-state index >= 15 is 0 Å². The summed E-state index contributed by atoms with van der Waals surface area (Å²) in [7, 11) is 2.03. The number of nitrogens with zero attached hydrogens (tertiary/aromatic N) is 2. The molecule has 5 unspecified atom stereocenters. The van der Waals surface area contributed by atoms with Crippen molar-refractivity contribution in [2.24, 2.45) is 11.8 Å². The normalized spacial score (nSPS) is 30.8. The SMILES string of the molecule is CCn1nc(C)c(Cl)c1CC(NC)C1C(C)OC(C)C1C. The van der Waals surface area contributed by atoms with Gasteiger partial charge in [0.05, 0.1) is 28.6 Å². The van der Waals surface area contributed by atoms with Gasteiger partial charge in [-0.25, -0.2) is 0 Å². The van der Waals surface area contributed by atoms with Gasteiger partial charge in [0.15, 0.2) is 0 Å². The molecule has 0 spiro atoms. The fraction of sp³-hybridized carbons (Fsp3) is 0.812. The third-order valence-electron chi connectivity index (χ3n) is 5.02. The average molecular weight is 314 g/mol. The zero-order valence-electron chi connectivity index (χ0n) is 14.0. The maximum absolute atomic E-state index is 6.46. The van der Waals surface area contributed by atoms with Crippen LogP contribution < -0.4 is 5.32 Å². The Morgan fingerprint density at radius 1 is 1.33 bits per heavy atom. The van der Waals surface area contributed by atoms with E-state index in [-0.39, 0.29) is 6.10 Å². The number of likely N-dealkylation sites (N-methyl/N-ethyl adjacent to an activating group) is 1. The Morgan fingerprint density at radius 2 is 2.00 bits per heavy atom. The zero-order valence-corrected chi connectivity index (χ0v) is 14.7. The van der Waals surface area contributed by atoms with Crippen LogP contribution in [0.4, 0.5) is 0 Å². The van der Waals surface area contributed by atoms with Crippen molar-refractivity contribution in [2.75, 3.05) is 7.05 Å². The lowest BCUT2D eigenvalue weighted by molar-refractivity contribution is 0.0478. The topological polar surface area (TPSA) is 39.1 Å². The smallest absolute Gasteiger partial charge is 0.0847 e. The molecule has 0 saturated carbocycles. The van der Waals surface area contributed by atoms with Crippen LogP contribution in [0.5, 0.6) is 0 Å². The number of aromatic nitrogens is 2. The molecule has 4 nitrogen and oxygen atoms in total. The molecular formula is C16H28ClN3O. The van der Waals surface area contributed by atoms with E-state index in [0.29, 0.717) is 24.0 Å².